The second-order valence-corrected chi connectivity index (χ2v) is 30.8. The highest BCUT2D eigenvalue weighted by Crippen LogP contribution is 2.45. The molecule has 105 heavy (non-hydrogen) atoms. The number of unbranched alkanes of at least 4 members (excludes halogenated alkanes) is 36. The lowest BCUT2D eigenvalue weighted by Crippen LogP contribution is -2.30. The number of esters is 3. The van der Waals surface area contributed by atoms with Crippen LogP contribution in [0.2, 0.25) is 0 Å². The van der Waals surface area contributed by atoms with E-state index in [4.69, 9.17) is 32.3 Å². The van der Waals surface area contributed by atoms with Gasteiger partial charge in [0.2, 0.25) is 0 Å². The van der Waals surface area contributed by atoms with E-state index in [0.29, 0.717) is 19.3 Å². The Bertz CT molecular complexity index is 2390. The van der Waals surface area contributed by atoms with Gasteiger partial charge < -0.3 is 34.2 Å². The molecule has 4 N–H and O–H groups in total. The van der Waals surface area contributed by atoms with Crippen LogP contribution in [0.15, 0.2) is 122 Å². The summed E-state index contributed by atoms with van der Waals surface area (Å²) >= 11 is 0. The Morgan fingerprint density at radius 1 is 0.276 bits per heavy atom. The topological polar surface area (TPSA) is 231 Å². The van der Waals surface area contributed by atoms with Gasteiger partial charge in [-0.15, -0.1) is 0 Å². The van der Waals surface area contributed by atoms with Crippen LogP contribution >= 0.6 is 15.6 Å². The second kappa shape index (κ2) is 79.5. The zero-order valence-corrected chi connectivity index (χ0v) is 68.2. The Hall–Kier alpha value is -4.05. The number of ether oxygens (including phenoxy) is 3. The van der Waals surface area contributed by atoms with Crippen molar-refractivity contribution >= 4 is 33.6 Å². The van der Waals surface area contributed by atoms with E-state index in [2.05, 4.69) is 142 Å². The smallest absolute Gasteiger partial charge is 0.463 e. The first-order chi connectivity index (χ1) is 51.2. The van der Waals surface area contributed by atoms with Crippen molar-refractivity contribution in [1.29, 1.82) is 0 Å². The van der Waals surface area contributed by atoms with E-state index in [1.165, 1.54) is 148 Å². The molecule has 0 aliphatic rings. The van der Waals surface area contributed by atoms with Crippen molar-refractivity contribution < 1.29 is 75.8 Å². The van der Waals surface area contributed by atoms with E-state index >= 15 is 0 Å². The molecule has 18 heteroatoms. The third-order valence-electron chi connectivity index (χ3n) is 17.7. The first-order valence-electron chi connectivity index (χ1n) is 41.8. The molecule has 0 fully saturated rings. The van der Waals surface area contributed by atoms with Gasteiger partial charge in [-0.2, -0.15) is 0 Å². The van der Waals surface area contributed by atoms with Gasteiger partial charge in [-0.25, -0.2) is 9.13 Å². The molecule has 0 aromatic rings. The van der Waals surface area contributed by atoms with Crippen LogP contribution in [0.3, 0.4) is 0 Å². The van der Waals surface area contributed by atoms with Gasteiger partial charge in [-0.3, -0.25) is 32.5 Å². The molecule has 0 saturated carbocycles. The second-order valence-electron chi connectivity index (χ2n) is 27.9. The number of phosphoric ester groups is 2. The molecule has 0 aliphatic heterocycles. The molecule has 0 aromatic carbocycles. The minimum Gasteiger partial charge on any atom is -0.463 e. The highest BCUT2D eigenvalue weighted by atomic mass is 31.2. The zero-order valence-electron chi connectivity index (χ0n) is 66.4. The molecule has 0 aliphatic carbocycles. The highest BCUT2D eigenvalue weighted by molar-refractivity contribution is 7.47. The minimum atomic E-state index is -4.93. The standard InChI is InChI=1S/C87H152O16P2/c1-4-7-10-13-16-19-22-25-27-29-31-33-35-37-39-40-42-44-45-47-49-51-53-56-58-61-64-67-70-73-85(90)97-76-82(88)77-99-104(93,94)100-78-83(89)79-101-105(95,96)102-81-84(103-87(92)75-72-69-66-63-60-55-24-21-18-15-12-9-6-3)80-98-86(91)74-71-68-65-62-59-57-54-52-50-48-46-43-41-38-36-34-32-30-28-26-23-20-17-14-11-8-5-2/h7-8,10-11,16-17,19-20,25-28,31-34,37-39,41,82-84,88-89H,4-6,9,12-15,18,21-24,29-30,35-36,40,42-81H2,1-3H3,(H,93,94)(H,95,96)/b10-7-,11-8-,19-16-,20-17-,27-25-,28-26-,33-31-,34-32-,39-37-,41-38-. The molecule has 606 valence electrons. The number of hydrogen-bond acceptors (Lipinski definition) is 14. The van der Waals surface area contributed by atoms with E-state index < -0.39 is 91.5 Å². The molecule has 0 rings (SSSR count). The van der Waals surface area contributed by atoms with Crippen LogP contribution in [0.5, 0.6) is 0 Å². The molecule has 0 heterocycles. The van der Waals surface area contributed by atoms with E-state index in [0.717, 1.165) is 148 Å². The number of hydrogen-bond donors (Lipinski definition) is 4. The van der Waals surface area contributed by atoms with Crippen molar-refractivity contribution in [2.45, 2.75) is 373 Å². The monoisotopic (exact) mass is 1520 g/mol. The summed E-state index contributed by atoms with van der Waals surface area (Å²) in [6, 6.07) is 0. The third kappa shape index (κ3) is 80.8. The molecule has 0 amide bonds. The van der Waals surface area contributed by atoms with Gasteiger partial charge in [0.25, 0.3) is 0 Å². The number of allylic oxidation sites excluding steroid dienone is 20. The summed E-state index contributed by atoms with van der Waals surface area (Å²) in [6.45, 7) is 2.49. The van der Waals surface area contributed by atoms with Crippen LogP contribution in [0.1, 0.15) is 355 Å². The summed E-state index contributed by atoms with van der Waals surface area (Å²) in [7, 11) is -9.79. The van der Waals surface area contributed by atoms with E-state index in [-0.39, 0.29) is 19.3 Å². The Balaban J connectivity index is 4.47. The summed E-state index contributed by atoms with van der Waals surface area (Å²) in [6.07, 6.45) is 95.3. The van der Waals surface area contributed by atoms with Crippen molar-refractivity contribution in [3.63, 3.8) is 0 Å². The van der Waals surface area contributed by atoms with Gasteiger partial charge in [0.15, 0.2) is 6.10 Å². The van der Waals surface area contributed by atoms with Crippen molar-refractivity contribution in [1.82, 2.24) is 0 Å². The third-order valence-corrected chi connectivity index (χ3v) is 19.6. The molecular weight excluding hydrogens is 1360 g/mol. The SMILES string of the molecule is CC/C=C\C/C=C\C/C=C\C/C=C\C/C=C\CCCCCCCCCCCCCCCC(=O)OCC(O)COP(=O)(O)OCC(O)COP(=O)(O)OCC(COC(=O)CCCCCCCCCCCCC/C=C\C/C=C\C/C=C\C/C=C\C/C=C\CC)OC(=O)CCCCCCCCCCCCCCC. The van der Waals surface area contributed by atoms with Crippen molar-refractivity contribution in [3.8, 4) is 0 Å². The van der Waals surface area contributed by atoms with Crippen LogP contribution < -0.4 is 0 Å². The summed E-state index contributed by atoms with van der Waals surface area (Å²) in [5.41, 5.74) is 0. The maximum absolute atomic E-state index is 13.0. The largest absolute Gasteiger partial charge is 0.472 e. The van der Waals surface area contributed by atoms with E-state index in [1.54, 1.807) is 0 Å². The first-order valence-corrected chi connectivity index (χ1v) is 44.8. The number of rotatable bonds is 79. The summed E-state index contributed by atoms with van der Waals surface area (Å²) in [5.74, 6) is -1.56. The van der Waals surface area contributed by atoms with Gasteiger partial charge in [0.05, 0.1) is 26.4 Å². The first kappa shape index (κ1) is 101. The Morgan fingerprint density at radius 3 is 0.800 bits per heavy atom. The van der Waals surface area contributed by atoms with Crippen molar-refractivity contribution in [2.75, 3.05) is 39.6 Å². The maximum Gasteiger partial charge on any atom is 0.472 e. The average Bonchev–Trinajstić information content (AvgIpc) is 0.912. The predicted molar refractivity (Wildman–Crippen MR) is 436 cm³/mol. The number of aliphatic hydroxyl groups is 2. The molecule has 0 aromatic heterocycles. The fraction of sp³-hybridized carbons (Fsp3) is 0.736. The zero-order chi connectivity index (χ0) is 76.6. The summed E-state index contributed by atoms with van der Waals surface area (Å²) in [4.78, 5) is 58.7. The van der Waals surface area contributed by atoms with Crippen molar-refractivity contribution in [3.05, 3.63) is 122 Å². The normalized spacial score (nSPS) is 14.5. The van der Waals surface area contributed by atoms with E-state index in [9.17, 15) is 43.5 Å². The predicted octanol–water partition coefficient (Wildman–Crippen LogP) is 24.9. The van der Waals surface area contributed by atoms with Gasteiger partial charge in [0, 0.05) is 19.3 Å². The molecule has 5 atom stereocenters. The van der Waals surface area contributed by atoms with E-state index in [1.807, 2.05) is 0 Å². The van der Waals surface area contributed by atoms with Gasteiger partial charge >= 0.3 is 33.6 Å². The lowest BCUT2D eigenvalue weighted by molar-refractivity contribution is -0.161. The summed E-state index contributed by atoms with van der Waals surface area (Å²) in [5, 5.41) is 20.7. The fourth-order valence-corrected chi connectivity index (χ4v) is 13.0. The van der Waals surface area contributed by atoms with Crippen LogP contribution in [-0.2, 0) is 55.8 Å². The Kier molecular flexibility index (Phi) is 76.4. The lowest BCUT2D eigenvalue weighted by Gasteiger charge is -2.21. The number of phosphoric acid groups is 2. The molecule has 0 bridgehead atoms. The Labute approximate surface area is 640 Å². The molecular formula is C87H152O16P2. The highest BCUT2D eigenvalue weighted by Gasteiger charge is 2.29. The van der Waals surface area contributed by atoms with Crippen LogP contribution in [0.25, 0.3) is 0 Å². The minimum absolute atomic E-state index is 0.107. The van der Waals surface area contributed by atoms with Crippen LogP contribution in [0.4, 0.5) is 0 Å². The average molecular weight is 1520 g/mol. The number of carbonyl (C=O) groups is 3. The molecule has 0 spiro atoms. The van der Waals surface area contributed by atoms with Gasteiger partial charge in [-0.05, 0) is 109 Å². The number of aliphatic hydroxyl groups excluding tert-OH is 2. The molecule has 0 radical (unpaired) electrons. The Morgan fingerprint density at radius 2 is 0.505 bits per heavy atom. The summed E-state index contributed by atoms with van der Waals surface area (Å²) < 4.78 is 61.2. The van der Waals surface area contributed by atoms with Gasteiger partial charge in [-0.1, -0.05) is 348 Å². The molecule has 0 saturated heterocycles. The number of carbonyl (C=O) groups excluding carboxylic acids is 3. The maximum atomic E-state index is 13.0. The van der Waals surface area contributed by atoms with Crippen molar-refractivity contribution in [2.24, 2.45) is 0 Å². The quantitative estimate of drug-likeness (QED) is 0.0146. The fourth-order valence-electron chi connectivity index (χ4n) is 11.4. The molecule has 16 nitrogen and oxygen atoms in total. The van der Waals surface area contributed by atoms with Crippen LogP contribution in [0, 0.1) is 0 Å². The lowest BCUT2D eigenvalue weighted by atomic mass is 10.0. The van der Waals surface area contributed by atoms with Gasteiger partial charge in [0.1, 0.15) is 25.4 Å². The molecule has 5 unspecified atom stereocenters. The van der Waals surface area contributed by atoms with Crippen LogP contribution in [-0.4, -0.2) is 95.9 Å².